The molecule has 2 heteroatoms. The second-order valence-electron chi connectivity index (χ2n) is 5.31. The van der Waals surface area contributed by atoms with Gasteiger partial charge in [0.15, 0.2) is 0 Å². The van der Waals surface area contributed by atoms with Gasteiger partial charge < -0.3 is 11.1 Å². The molecule has 0 unspecified atom stereocenters. The van der Waals surface area contributed by atoms with Crippen LogP contribution in [0.1, 0.15) is 43.7 Å². The van der Waals surface area contributed by atoms with E-state index in [1.54, 1.807) is 0 Å². The molecule has 0 heterocycles. The Morgan fingerprint density at radius 1 is 1.31 bits per heavy atom. The molecule has 88 valence electrons. The lowest BCUT2D eigenvalue weighted by Gasteiger charge is -2.25. The van der Waals surface area contributed by atoms with Crippen LogP contribution in [0.25, 0.3) is 0 Å². The summed E-state index contributed by atoms with van der Waals surface area (Å²) in [6.07, 6.45) is 5.32. The van der Waals surface area contributed by atoms with E-state index in [-0.39, 0.29) is 0 Å². The molecule has 16 heavy (non-hydrogen) atoms. The van der Waals surface area contributed by atoms with Gasteiger partial charge in [0.05, 0.1) is 0 Å². The quantitative estimate of drug-likeness (QED) is 0.765. The van der Waals surface area contributed by atoms with Crippen molar-refractivity contribution >= 4 is 5.69 Å². The highest BCUT2D eigenvalue weighted by molar-refractivity contribution is 5.48. The van der Waals surface area contributed by atoms with Crippen LogP contribution < -0.4 is 11.1 Å². The topological polar surface area (TPSA) is 38.0 Å². The van der Waals surface area contributed by atoms with E-state index in [9.17, 15) is 0 Å². The number of hydrogen-bond acceptors (Lipinski definition) is 2. The number of nitrogens with one attached hydrogen (secondary N) is 1. The number of nitrogens with two attached hydrogens (primary N) is 1. The first kappa shape index (κ1) is 11.5. The number of anilines is 1. The zero-order chi connectivity index (χ0) is 11.6. The molecule has 1 aromatic carbocycles. The minimum Gasteiger partial charge on any atom is -0.399 e. The zero-order valence-electron chi connectivity index (χ0n) is 10.3. The summed E-state index contributed by atoms with van der Waals surface area (Å²) in [7, 11) is 0. The van der Waals surface area contributed by atoms with Crippen LogP contribution >= 0.6 is 0 Å². The largest absolute Gasteiger partial charge is 0.399 e. The van der Waals surface area contributed by atoms with Gasteiger partial charge in [0, 0.05) is 17.8 Å². The number of nitrogen functional groups attached to an aromatic ring is 1. The Kier molecular flexibility index (Phi) is 3.20. The maximum Gasteiger partial charge on any atom is 0.0346 e. The molecule has 0 radical (unpaired) electrons. The molecule has 0 aliphatic heterocycles. The van der Waals surface area contributed by atoms with Crippen LogP contribution in [0.2, 0.25) is 0 Å². The lowest BCUT2D eigenvalue weighted by atomic mass is 10.00. The molecule has 3 N–H and O–H groups in total. The molecule has 1 saturated carbocycles. The van der Waals surface area contributed by atoms with E-state index >= 15 is 0 Å². The predicted octanol–water partition coefficient (Wildman–Crippen LogP) is 3.00. The van der Waals surface area contributed by atoms with Crippen molar-refractivity contribution in [3.05, 3.63) is 29.3 Å². The van der Waals surface area contributed by atoms with Crippen molar-refractivity contribution in [3.63, 3.8) is 0 Å². The molecule has 0 atom stereocenters. The SMILES string of the molecule is Cc1ccc(CNC2(C)CCCC2)cc1N. The number of rotatable bonds is 3. The van der Waals surface area contributed by atoms with E-state index in [0.29, 0.717) is 5.54 Å². The molecular formula is C14H22N2. The van der Waals surface area contributed by atoms with Crippen LogP contribution in [-0.4, -0.2) is 5.54 Å². The van der Waals surface area contributed by atoms with Crippen LogP contribution in [0, 0.1) is 6.92 Å². The van der Waals surface area contributed by atoms with E-state index in [4.69, 9.17) is 5.73 Å². The number of aryl methyl sites for hydroxylation is 1. The fourth-order valence-corrected chi connectivity index (χ4v) is 2.45. The molecule has 1 aliphatic carbocycles. The van der Waals surface area contributed by atoms with Gasteiger partial charge in [-0.15, -0.1) is 0 Å². The second-order valence-corrected chi connectivity index (χ2v) is 5.31. The Labute approximate surface area is 98.2 Å². The molecule has 0 aromatic heterocycles. The molecule has 1 aliphatic rings. The number of hydrogen-bond donors (Lipinski definition) is 2. The average Bonchev–Trinajstić information content (AvgIpc) is 2.68. The summed E-state index contributed by atoms with van der Waals surface area (Å²) < 4.78 is 0. The Bertz CT molecular complexity index is 365. The summed E-state index contributed by atoms with van der Waals surface area (Å²) in [6, 6.07) is 6.35. The first-order valence-corrected chi connectivity index (χ1v) is 6.19. The zero-order valence-corrected chi connectivity index (χ0v) is 10.3. The lowest BCUT2D eigenvalue weighted by Crippen LogP contribution is -2.38. The maximum absolute atomic E-state index is 5.91. The average molecular weight is 218 g/mol. The van der Waals surface area contributed by atoms with Crippen LogP contribution in [0.3, 0.4) is 0 Å². The lowest BCUT2D eigenvalue weighted by molar-refractivity contribution is 0.363. The summed E-state index contributed by atoms with van der Waals surface area (Å²) in [4.78, 5) is 0. The number of benzene rings is 1. The highest BCUT2D eigenvalue weighted by Gasteiger charge is 2.27. The first-order chi connectivity index (χ1) is 7.59. The van der Waals surface area contributed by atoms with Crippen molar-refractivity contribution in [2.24, 2.45) is 0 Å². The maximum atomic E-state index is 5.91. The van der Waals surface area contributed by atoms with Gasteiger partial charge in [-0.2, -0.15) is 0 Å². The van der Waals surface area contributed by atoms with Gasteiger partial charge in [-0.05, 0) is 43.9 Å². The van der Waals surface area contributed by atoms with Crippen LogP contribution in [-0.2, 0) is 6.54 Å². The van der Waals surface area contributed by atoms with Gasteiger partial charge in [0.2, 0.25) is 0 Å². The summed E-state index contributed by atoms with van der Waals surface area (Å²) in [6.45, 7) is 5.31. The van der Waals surface area contributed by atoms with Gasteiger partial charge in [0.25, 0.3) is 0 Å². The standard InChI is InChI=1S/C14H22N2/c1-11-5-6-12(9-13(11)15)10-16-14(2)7-3-4-8-14/h5-6,9,16H,3-4,7-8,10,15H2,1-2H3. The third-order valence-electron chi connectivity index (χ3n) is 3.77. The minimum atomic E-state index is 0.347. The summed E-state index contributed by atoms with van der Waals surface area (Å²) >= 11 is 0. The molecule has 2 rings (SSSR count). The predicted molar refractivity (Wildman–Crippen MR) is 69.3 cm³/mol. The summed E-state index contributed by atoms with van der Waals surface area (Å²) in [5.41, 5.74) is 9.61. The van der Waals surface area contributed by atoms with Crippen molar-refractivity contribution in [2.75, 3.05) is 5.73 Å². The molecule has 0 bridgehead atoms. The molecule has 0 amide bonds. The van der Waals surface area contributed by atoms with E-state index in [1.165, 1.54) is 31.2 Å². The Balaban J connectivity index is 1.96. The van der Waals surface area contributed by atoms with Crippen molar-refractivity contribution in [2.45, 2.75) is 51.6 Å². The normalized spacial score (nSPS) is 18.9. The van der Waals surface area contributed by atoms with Gasteiger partial charge in [0.1, 0.15) is 0 Å². The molecule has 0 saturated heterocycles. The van der Waals surface area contributed by atoms with Crippen LogP contribution in [0.15, 0.2) is 18.2 Å². The van der Waals surface area contributed by atoms with Gasteiger partial charge >= 0.3 is 0 Å². The summed E-state index contributed by atoms with van der Waals surface area (Å²) in [5, 5.41) is 3.67. The third kappa shape index (κ3) is 2.56. The van der Waals surface area contributed by atoms with E-state index < -0.39 is 0 Å². The fourth-order valence-electron chi connectivity index (χ4n) is 2.45. The monoisotopic (exact) mass is 218 g/mol. The van der Waals surface area contributed by atoms with Crippen molar-refractivity contribution < 1.29 is 0 Å². The third-order valence-corrected chi connectivity index (χ3v) is 3.77. The van der Waals surface area contributed by atoms with E-state index in [2.05, 4.69) is 30.4 Å². The first-order valence-electron chi connectivity index (χ1n) is 6.19. The van der Waals surface area contributed by atoms with Crippen LogP contribution in [0.4, 0.5) is 5.69 Å². The van der Waals surface area contributed by atoms with E-state index in [1.807, 2.05) is 6.92 Å². The minimum absolute atomic E-state index is 0.347. The molecule has 1 aromatic rings. The molecule has 2 nitrogen and oxygen atoms in total. The summed E-state index contributed by atoms with van der Waals surface area (Å²) in [5.74, 6) is 0. The van der Waals surface area contributed by atoms with Crippen molar-refractivity contribution in [1.29, 1.82) is 0 Å². The highest BCUT2D eigenvalue weighted by Crippen LogP contribution is 2.29. The van der Waals surface area contributed by atoms with E-state index in [0.717, 1.165) is 17.8 Å². The molecule has 0 spiro atoms. The Morgan fingerprint density at radius 3 is 2.62 bits per heavy atom. The smallest absolute Gasteiger partial charge is 0.0346 e. The van der Waals surface area contributed by atoms with Crippen LogP contribution in [0.5, 0.6) is 0 Å². The Morgan fingerprint density at radius 2 is 2.00 bits per heavy atom. The Hall–Kier alpha value is -1.02. The van der Waals surface area contributed by atoms with Crippen molar-refractivity contribution in [1.82, 2.24) is 5.32 Å². The molecular weight excluding hydrogens is 196 g/mol. The van der Waals surface area contributed by atoms with Crippen molar-refractivity contribution in [3.8, 4) is 0 Å². The second kappa shape index (κ2) is 4.46. The fraction of sp³-hybridized carbons (Fsp3) is 0.571. The highest BCUT2D eigenvalue weighted by atomic mass is 15.0. The van der Waals surface area contributed by atoms with Gasteiger partial charge in [-0.1, -0.05) is 25.0 Å². The molecule has 1 fully saturated rings. The van der Waals surface area contributed by atoms with Gasteiger partial charge in [-0.25, -0.2) is 0 Å². The van der Waals surface area contributed by atoms with Gasteiger partial charge in [-0.3, -0.25) is 0 Å².